The van der Waals surface area contributed by atoms with Crippen LogP contribution in [0.4, 0.5) is 5.82 Å². The first-order valence-corrected chi connectivity index (χ1v) is 8.02. The topological polar surface area (TPSA) is 49.8 Å². The van der Waals surface area contributed by atoms with Crippen molar-refractivity contribution in [3.8, 4) is 0 Å². The van der Waals surface area contributed by atoms with Gasteiger partial charge >= 0.3 is 0 Å². The van der Waals surface area contributed by atoms with Gasteiger partial charge in [0, 0.05) is 38.3 Å². The number of piperazine rings is 1. The summed E-state index contributed by atoms with van der Waals surface area (Å²) in [5, 5.41) is 0. The summed E-state index contributed by atoms with van der Waals surface area (Å²) in [7, 11) is 0. The van der Waals surface area contributed by atoms with Crippen molar-refractivity contribution in [2.45, 2.75) is 25.3 Å². The fraction of sp³-hybridized carbons (Fsp3) is 0.562. The van der Waals surface area contributed by atoms with Gasteiger partial charge in [0.2, 0.25) is 0 Å². The van der Waals surface area contributed by atoms with E-state index in [1.54, 1.807) is 0 Å². The Morgan fingerprint density at radius 1 is 1.24 bits per heavy atom. The van der Waals surface area contributed by atoms with Gasteiger partial charge in [-0.3, -0.25) is 4.90 Å². The summed E-state index contributed by atoms with van der Waals surface area (Å²) in [5.74, 6) is 1.15. The summed E-state index contributed by atoms with van der Waals surface area (Å²) in [6.45, 7) is 5.30. The molecule has 2 aromatic heterocycles. The molecule has 0 aromatic carbocycles. The van der Waals surface area contributed by atoms with Crippen LogP contribution in [0.25, 0.3) is 5.65 Å². The molecule has 2 N–H and O–H groups in total. The average Bonchev–Trinajstić information content (AvgIpc) is 3.11. The van der Waals surface area contributed by atoms with Crippen molar-refractivity contribution in [3.63, 3.8) is 0 Å². The Morgan fingerprint density at radius 2 is 2.19 bits per heavy atom. The summed E-state index contributed by atoms with van der Waals surface area (Å²) >= 11 is 0. The predicted molar refractivity (Wildman–Crippen MR) is 84.8 cm³/mol. The normalized spacial score (nSPS) is 22.9. The van der Waals surface area contributed by atoms with Crippen molar-refractivity contribution in [2.75, 3.05) is 37.6 Å². The number of hydrogen-bond donors (Lipinski definition) is 1. The molecule has 2 saturated heterocycles. The lowest BCUT2D eigenvalue weighted by molar-refractivity contribution is 0.230. The Hall–Kier alpha value is -1.59. The first-order valence-electron chi connectivity index (χ1n) is 8.02. The summed E-state index contributed by atoms with van der Waals surface area (Å²) in [4.78, 5) is 9.99. The van der Waals surface area contributed by atoms with Crippen molar-refractivity contribution in [1.82, 2.24) is 14.3 Å². The maximum absolute atomic E-state index is 5.83. The number of pyridine rings is 1. The van der Waals surface area contributed by atoms with Crippen molar-refractivity contribution in [2.24, 2.45) is 5.73 Å². The van der Waals surface area contributed by atoms with E-state index in [9.17, 15) is 0 Å². The summed E-state index contributed by atoms with van der Waals surface area (Å²) in [5.41, 5.74) is 8.12. The average molecular weight is 285 g/mol. The van der Waals surface area contributed by atoms with E-state index in [1.807, 2.05) is 6.07 Å². The lowest BCUT2D eigenvalue weighted by atomic mass is 10.1. The van der Waals surface area contributed by atoms with E-state index >= 15 is 0 Å². The zero-order chi connectivity index (χ0) is 14.2. The fourth-order valence-electron chi connectivity index (χ4n) is 3.84. The Bertz CT molecular complexity index is 635. The van der Waals surface area contributed by atoms with Crippen molar-refractivity contribution in [3.05, 3.63) is 30.1 Å². The van der Waals surface area contributed by atoms with E-state index in [-0.39, 0.29) is 0 Å². The molecule has 2 fully saturated rings. The van der Waals surface area contributed by atoms with Crippen LogP contribution in [0.1, 0.15) is 18.5 Å². The smallest absolute Gasteiger partial charge is 0.151 e. The molecule has 2 aliphatic heterocycles. The van der Waals surface area contributed by atoms with E-state index in [2.05, 4.69) is 32.5 Å². The molecular weight excluding hydrogens is 262 g/mol. The van der Waals surface area contributed by atoms with Crippen molar-refractivity contribution >= 4 is 11.5 Å². The monoisotopic (exact) mass is 285 g/mol. The second-order valence-electron chi connectivity index (χ2n) is 6.13. The Balaban J connectivity index is 1.70. The second kappa shape index (κ2) is 5.31. The van der Waals surface area contributed by atoms with Gasteiger partial charge in [-0.2, -0.15) is 0 Å². The number of nitrogens with two attached hydrogens (primary N) is 1. The highest BCUT2D eigenvalue weighted by Gasteiger charge is 2.32. The number of nitrogens with zero attached hydrogens (tertiary/aromatic N) is 4. The zero-order valence-corrected chi connectivity index (χ0v) is 12.4. The molecule has 4 rings (SSSR count). The maximum atomic E-state index is 5.83. The molecule has 0 radical (unpaired) electrons. The van der Waals surface area contributed by atoms with Gasteiger partial charge in [-0.15, -0.1) is 0 Å². The molecule has 5 heteroatoms. The minimum atomic E-state index is 0.666. The van der Waals surface area contributed by atoms with Gasteiger partial charge in [0.15, 0.2) is 5.82 Å². The first-order chi connectivity index (χ1) is 10.4. The van der Waals surface area contributed by atoms with E-state index in [4.69, 9.17) is 10.7 Å². The molecule has 5 nitrogen and oxygen atoms in total. The van der Waals surface area contributed by atoms with Crippen LogP contribution >= 0.6 is 0 Å². The largest absolute Gasteiger partial charge is 0.352 e. The first kappa shape index (κ1) is 13.1. The van der Waals surface area contributed by atoms with Crippen LogP contribution in [0.15, 0.2) is 24.4 Å². The third-order valence-corrected chi connectivity index (χ3v) is 4.88. The number of fused-ring (bicyclic) bond motifs is 2. The molecule has 1 atom stereocenters. The number of rotatable bonds is 3. The van der Waals surface area contributed by atoms with E-state index < -0.39 is 0 Å². The lowest BCUT2D eigenvalue weighted by Gasteiger charge is -2.38. The van der Waals surface area contributed by atoms with Crippen molar-refractivity contribution < 1.29 is 0 Å². The SMILES string of the molecule is NCCc1c(N2CCN3CCCC3C2)nc2ccccn12. The standard InChI is InChI=1S/C16H23N5/c17-7-6-14-16(18-15-5-1-2-9-21(14)15)20-11-10-19-8-3-4-13(19)12-20/h1-2,5,9,13H,3-4,6-8,10-12,17H2. The van der Waals surface area contributed by atoms with Crippen LogP contribution < -0.4 is 10.6 Å². The molecule has 4 heterocycles. The van der Waals surface area contributed by atoms with Gasteiger partial charge in [0.1, 0.15) is 5.65 Å². The number of anilines is 1. The van der Waals surface area contributed by atoms with Crippen LogP contribution in [0.5, 0.6) is 0 Å². The molecule has 2 aromatic rings. The third kappa shape index (κ3) is 2.21. The Labute approximate surface area is 125 Å². The molecule has 2 aliphatic rings. The quantitative estimate of drug-likeness (QED) is 0.918. The summed E-state index contributed by atoms with van der Waals surface area (Å²) in [6, 6.07) is 6.91. The summed E-state index contributed by atoms with van der Waals surface area (Å²) in [6.07, 6.45) is 5.66. The van der Waals surface area contributed by atoms with Gasteiger partial charge in [-0.05, 0) is 38.1 Å². The van der Waals surface area contributed by atoms with Crippen molar-refractivity contribution in [1.29, 1.82) is 0 Å². The lowest BCUT2D eigenvalue weighted by Crippen LogP contribution is -2.50. The van der Waals surface area contributed by atoms with Crippen LogP contribution in [0, 0.1) is 0 Å². The molecule has 1 unspecified atom stereocenters. The van der Waals surface area contributed by atoms with E-state index in [1.165, 1.54) is 31.6 Å². The predicted octanol–water partition coefficient (Wildman–Crippen LogP) is 1.12. The molecule has 0 amide bonds. The highest BCUT2D eigenvalue weighted by Crippen LogP contribution is 2.28. The van der Waals surface area contributed by atoms with E-state index in [0.717, 1.165) is 31.0 Å². The highest BCUT2D eigenvalue weighted by atomic mass is 15.3. The fourth-order valence-corrected chi connectivity index (χ4v) is 3.84. The van der Waals surface area contributed by atoms with Crippen LogP contribution in [-0.4, -0.2) is 53.1 Å². The molecule has 21 heavy (non-hydrogen) atoms. The second-order valence-corrected chi connectivity index (χ2v) is 6.13. The van der Waals surface area contributed by atoms with Gasteiger partial charge < -0.3 is 15.0 Å². The number of aromatic nitrogens is 2. The Kier molecular flexibility index (Phi) is 3.31. The minimum Gasteiger partial charge on any atom is -0.352 e. The van der Waals surface area contributed by atoms with Crippen LogP contribution in [0.2, 0.25) is 0 Å². The molecule has 112 valence electrons. The van der Waals surface area contributed by atoms with Crippen LogP contribution in [0.3, 0.4) is 0 Å². The van der Waals surface area contributed by atoms with Gasteiger partial charge in [-0.25, -0.2) is 4.98 Å². The van der Waals surface area contributed by atoms with Crippen LogP contribution in [-0.2, 0) is 6.42 Å². The zero-order valence-electron chi connectivity index (χ0n) is 12.4. The highest BCUT2D eigenvalue weighted by molar-refractivity contribution is 5.56. The number of hydrogen-bond acceptors (Lipinski definition) is 4. The third-order valence-electron chi connectivity index (χ3n) is 4.88. The number of imidazole rings is 1. The van der Waals surface area contributed by atoms with Gasteiger partial charge in [0.05, 0.1) is 5.69 Å². The molecule has 0 bridgehead atoms. The Morgan fingerprint density at radius 3 is 3.10 bits per heavy atom. The maximum Gasteiger partial charge on any atom is 0.151 e. The molecular formula is C16H23N5. The van der Waals surface area contributed by atoms with E-state index in [0.29, 0.717) is 12.6 Å². The molecule has 0 saturated carbocycles. The van der Waals surface area contributed by atoms with Gasteiger partial charge in [0.25, 0.3) is 0 Å². The molecule has 0 aliphatic carbocycles. The van der Waals surface area contributed by atoms with Gasteiger partial charge in [-0.1, -0.05) is 6.07 Å². The molecule has 0 spiro atoms. The summed E-state index contributed by atoms with van der Waals surface area (Å²) < 4.78 is 2.20. The minimum absolute atomic E-state index is 0.666.